The molecule has 1 aliphatic heterocycles. The van der Waals surface area contributed by atoms with E-state index in [1.807, 2.05) is 30.3 Å². The van der Waals surface area contributed by atoms with Crippen LogP contribution >= 0.6 is 11.3 Å². The van der Waals surface area contributed by atoms with Gasteiger partial charge in [0.05, 0.1) is 21.8 Å². The van der Waals surface area contributed by atoms with Gasteiger partial charge in [-0.1, -0.05) is 42.5 Å². The van der Waals surface area contributed by atoms with Crippen molar-refractivity contribution in [2.24, 2.45) is 0 Å². The predicted octanol–water partition coefficient (Wildman–Crippen LogP) is 5.44. The van der Waals surface area contributed by atoms with Crippen molar-refractivity contribution in [2.75, 3.05) is 4.90 Å². The number of Topliss-reactive ketones (excluding diaryl/α,β-unsaturated/α-hetero) is 1. The van der Waals surface area contributed by atoms with Crippen LogP contribution in [0.25, 0.3) is 10.6 Å². The first-order valence-electron chi connectivity index (χ1n) is 10.5. The second kappa shape index (κ2) is 8.64. The molecule has 1 atom stereocenters. The molecular formula is C26H18FN3O3S. The molecule has 0 bridgehead atoms. The van der Waals surface area contributed by atoms with Gasteiger partial charge in [-0.15, -0.1) is 11.3 Å². The summed E-state index contributed by atoms with van der Waals surface area (Å²) in [6.07, 6.45) is 1.53. The van der Waals surface area contributed by atoms with E-state index in [0.29, 0.717) is 21.3 Å². The number of aryl methyl sites for hydroxylation is 1. The zero-order valence-electron chi connectivity index (χ0n) is 18.0. The van der Waals surface area contributed by atoms with Crippen molar-refractivity contribution in [2.45, 2.75) is 13.0 Å². The van der Waals surface area contributed by atoms with Gasteiger partial charge in [0.1, 0.15) is 16.9 Å². The molecule has 1 N–H and O–H groups in total. The number of pyridine rings is 1. The molecule has 1 amide bonds. The number of aromatic nitrogens is 2. The molecule has 0 saturated carbocycles. The number of carbonyl (C=O) groups is 2. The van der Waals surface area contributed by atoms with E-state index in [9.17, 15) is 19.1 Å². The first-order valence-corrected chi connectivity index (χ1v) is 11.3. The molecule has 0 aliphatic carbocycles. The van der Waals surface area contributed by atoms with Gasteiger partial charge < -0.3 is 5.11 Å². The third-order valence-electron chi connectivity index (χ3n) is 5.53. The Morgan fingerprint density at radius 1 is 1.06 bits per heavy atom. The van der Waals surface area contributed by atoms with E-state index in [0.717, 1.165) is 5.56 Å². The predicted molar refractivity (Wildman–Crippen MR) is 127 cm³/mol. The van der Waals surface area contributed by atoms with Gasteiger partial charge in [-0.3, -0.25) is 19.5 Å². The number of hydrogen-bond donors (Lipinski definition) is 1. The largest absolute Gasteiger partial charge is 0.503 e. The Morgan fingerprint density at radius 3 is 2.53 bits per heavy atom. The van der Waals surface area contributed by atoms with Crippen LogP contribution in [0.5, 0.6) is 0 Å². The van der Waals surface area contributed by atoms with E-state index in [2.05, 4.69) is 9.97 Å². The zero-order chi connectivity index (χ0) is 23.8. The van der Waals surface area contributed by atoms with Crippen LogP contribution < -0.4 is 4.90 Å². The van der Waals surface area contributed by atoms with E-state index in [1.165, 1.54) is 40.6 Å². The summed E-state index contributed by atoms with van der Waals surface area (Å²) in [4.78, 5) is 37.3. The number of aliphatic hydroxyl groups excluding tert-OH is 1. The van der Waals surface area contributed by atoms with Crippen molar-refractivity contribution in [1.29, 1.82) is 0 Å². The number of amides is 1. The first kappa shape index (κ1) is 21.7. The fourth-order valence-electron chi connectivity index (χ4n) is 3.98. The normalized spacial score (nSPS) is 15.8. The van der Waals surface area contributed by atoms with Crippen molar-refractivity contribution in [3.05, 3.63) is 112 Å². The second-order valence-electron chi connectivity index (χ2n) is 7.70. The second-order valence-corrected chi connectivity index (χ2v) is 8.70. The van der Waals surface area contributed by atoms with Crippen LogP contribution in [-0.2, 0) is 4.79 Å². The lowest BCUT2D eigenvalue weighted by atomic mass is 9.98. The lowest BCUT2D eigenvalue weighted by molar-refractivity contribution is -0.117. The van der Waals surface area contributed by atoms with E-state index in [-0.39, 0.29) is 11.3 Å². The van der Waals surface area contributed by atoms with Crippen LogP contribution in [0, 0.1) is 12.7 Å². The Hall–Kier alpha value is -4.17. The molecule has 0 saturated heterocycles. The summed E-state index contributed by atoms with van der Waals surface area (Å²) in [5, 5.41) is 11.5. The monoisotopic (exact) mass is 471 g/mol. The molecule has 0 radical (unpaired) electrons. The van der Waals surface area contributed by atoms with Gasteiger partial charge in [0.2, 0.25) is 5.78 Å². The molecule has 34 heavy (non-hydrogen) atoms. The highest BCUT2D eigenvalue weighted by Crippen LogP contribution is 2.42. The summed E-state index contributed by atoms with van der Waals surface area (Å²) < 4.78 is 14.0. The van der Waals surface area contributed by atoms with Crippen molar-refractivity contribution in [1.82, 2.24) is 9.97 Å². The van der Waals surface area contributed by atoms with Gasteiger partial charge in [0, 0.05) is 17.4 Å². The SMILES string of the molecule is Cc1nc(-c2ccccc2)sc1C(=O)C1=C(O)C(=O)N(c2cccc(F)c2)C1c1ccccn1. The Bertz CT molecular complexity index is 1430. The minimum Gasteiger partial charge on any atom is -0.503 e. The van der Waals surface area contributed by atoms with E-state index in [4.69, 9.17) is 0 Å². The zero-order valence-corrected chi connectivity index (χ0v) is 18.8. The van der Waals surface area contributed by atoms with E-state index in [1.54, 1.807) is 31.2 Å². The average Bonchev–Trinajstić information content (AvgIpc) is 3.37. The Balaban J connectivity index is 1.63. The fraction of sp³-hybridized carbons (Fsp3) is 0.0769. The van der Waals surface area contributed by atoms with E-state index < -0.39 is 29.3 Å². The molecule has 8 heteroatoms. The molecule has 2 aromatic carbocycles. The van der Waals surface area contributed by atoms with Gasteiger partial charge in [-0.2, -0.15) is 0 Å². The fourth-order valence-corrected chi connectivity index (χ4v) is 5.01. The van der Waals surface area contributed by atoms with Gasteiger partial charge in [-0.25, -0.2) is 9.37 Å². The molecule has 3 heterocycles. The number of thiazole rings is 1. The highest BCUT2D eigenvalue weighted by atomic mass is 32.1. The third-order valence-corrected chi connectivity index (χ3v) is 6.74. The quantitative estimate of drug-likeness (QED) is 0.392. The van der Waals surface area contributed by atoms with Crippen LogP contribution in [0.15, 0.2) is 90.3 Å². The minimum absolute atomic E-state index is 0.112. The summed E-state index contributed by atoms with van der Waals surface area (Å²) in [6.45, 7) is 1.71. The first-order chi connectivity index (χ1) is 16.5. The van der Waals surface area contributed by atoms with Crippen LogP contribution in [0.4, 0.5) is 10.1 Å². The molecule has 1 aliphatic rings. The number of aliphatic hydroxyl groups is 1. The van der Waals surface area contributed by atoms with Gasteiger partial charge >= 0.3 is 0 Å². The summed E-state index contributed by atoms with van der Waals surface area (Å²) in [6, 6.07) is 18.9. The molecule has 6 nitrogen and oxygen atoms in total. The Morgan fingerprint density at radius 2 is 1.82 bits per heavy atom. The van der Waals surface area contributed by atoms with Crippen molar-refractivity contribution in [3.8, 4) is 10.6 Å². The molecular weight excluding hydrogens is 453 g/mol. The number of nitrogens with zero attached hydrogens (tertiary/aromatic N) is 3. The number of halogens is 1. The van der Waals surface area contributed by atoms with Crippen molar-refractivity contribution in [3.63, 3.8) is 0 Å². The molecule has 168 valence electrons. The van der Waals surface area contributed by atoms with Gasteiger partial charge in [0.25, 0.3) is 5.91 Å². The lowest BCUT2D eigenvalue weighted by Gasteiger charge is -2.26. The molecule has 0 fully saturated rings. The highest BCUT2D eigenvalue weighted by molar-refractivity contribution is 7.17. The maximum atomic E-state index is 14.0. The summed E-state index contributed by atoms with van der Waals surface area (Å²) in [5.41, 5.74) is 1.82. The standard InChI is InChI=1S/C26H18FN3O3S/c1-15-24(34-25(29-15)16-8-3-2-4-9-16)22(31)20-21(19-12-5-6-13-28-19)30(26(33)23(20)32)18-11-7-10-17(27)14-18/h2-14,21,32H,1H3. The summed E-state index contributed by atoms with van der Waals surface area (Å²) in [7, 11) is 0. The van der Waals surface area contributed by atoms with Crippen LogP contribution in [0.2, 0.25) is 0 Å². The van der Waals surface area contributed by atoms with Gasteiger partial charge in [0.15, 0.2) is 5.76 Å². The number of ketones is 1. The number of anilines is 1. The van der Waals surface area contributed by atoms with Crippen LogP contribution in [-0.4, -0.2) is 26.8 Å². The highest BCUT2D eigenvalue weighted by Gasteiger charge is 2.46. The lowest BCUT2D eigenvalue weighted by Crippen LogP contribution is -2.31. The minimum atomic E-state index is -1.02. The number of carbonyl (C=O) groups excluding carboxylic acids is 2. The number of benzene rings is 2. The molecule has 0 spiro atoms. The molecule has 2 aromatic heterocycles. The van der Waals surface area contributed by atoms with E-state index >= 15 is 0 Å². The number of rotatable bonds is 5. The molecule has 5 rings (SSSR count). The van der Waals surface area contributed by atoms with Crippen LogP contribution in [0.3, 0.4) is 0 Å². The maximum Gasteiger partial charge on any atom is 0.294 e. The smallest absolute Gasteiger partial charge is 0.294 e. The molecule has 4 aromatic rings. The van der Waals surface area contributed by atoms with Crippen molar-refractivity contribution < 1.29 is 19.1 Å². The summed E-state index contributed by atoms with van der Waals surface area (Å²) in [5.74, 6) is -2.54. The van der Waals surface area contributed by atoms with Crippen LogP contribution in [0.1, 0.15) is 27.1 Å². The average molecular weight is 472 g/mol. The maximum absolute atomic E-state index is 14.0. The summed E-state index contributed by atoms with van der Waals surface area (Å²) >= 11 is 1.19. The molecule has 1 unspecified atom stereocenters. The van der Waals surface area contributed by atoms with Gasteiger partial charge in [-0.05, 0) is 37.3 Å². The Kier molecular flexibility index (Phi) is 5.51. The third kappa shape index (κ3) is 3.68. The number of hydrogen-bond acceptors (Lipinski definition) is 6. The Labute approximate surface area is 198 Å². The van der Waals surface area contributed by atoms with Crippen molar-refractivity contribution >= 4 is 28.7 Å². The topological polar surface area (TPSA) is 83.4 Å².